The van der Waals surface area contributed by atoms with Gasteiger partial charge in [0.1, 0.15) is 5.75 Å². The molecule has 0 amide bonds. The Bertz CT molecular complexity index is 1300. The van der Waals surface area contributed by atoms with Crippen LogP contribution in [0, 0.1) is 13.8 Å². The van der Waals surface area contributed by atoms with Crippen LogP contribution in [-0.2, 0) is 0 Å². The number of esters is 1. The molecule has 0 aliphatic carbocycles. The third kappa shape index (κ3) is 5.13. The van der Waals surface area contributed by atoms with Crippen molar-refractivity contribution in [3.8, 4) is 16.9 Å². The molecule has 0 spiro atoms. The van der Waals surface area contributed by atoms with Gasteiger partial charge in [0.25, 0.3) is 0 Å². The van der Waals surface area contributed by atoms with Crippen LogP contribution in [0.15, 0.2) is 97.1 Å². The second-order valence-corrected chi connectivity index (χ2v) is 7.88. The van der Waals surface area contributed by atoms with Crippen molar-refractivity contribution in [2.45, 2.75) is 13.8 Å². The van der Waals surface area contributed by atoms with E-state index in [4.69, 9.17) is 4.74 Å². The molecule has 4 nitrogen and oxygen atoms in total. The van der Waals surface area contributed by atoms with Crippen LogP contribution in [0.1, 0.15) is 42.2 Å². The van der Waals surface area contributed by atoms with E-state index in [1.54, 1.807) is 36.4 Å². The molecule has 0 bridgehead atoms. The molecule has 162 valence electrons. The van der Waals surface area contributed by atoms with Gasteiger partial charge in [-0.25, -0.2) is 4.79 Å². The maximum atomic E-state index is 12.5. The molecule has 0 unspecified atom stereocenters. The number of carbonyl (C=O) groups is 3. The fraction of sp³-hybridized carbons (Fsp3) is 0.0690. The monoisotopic (exact) mass is 434 g/mol. The number of aryl methyl sites for hydroxylation is 2. The highest BCUT2D eigenvalue weighted by atomic mass is 16.5. The summed E-state index contributed by atoms with van der Waals surface area (Å²) in [5, 5.41) is 0. The van der Waals surface area contributed by atoms with E-state index in [0.717, 1.165) is 16.7 Å². The normalized spacial score (nSPS) is 10.5. The molecule has 33 heavy (non-hydrogen) atoms. The molecule has 0 radical (unpaired) electrons. The Labute approximate surface area is 192 Å². The molecule has 0 saturated carbocycles. The lowest BCUT2D eigenvalue weighted by atomic mass is 10.00. The third-order valence-corrected chi connectivity index (χ3v) is 5.35. The second kappa shape index (κ2) is 9.45. The number of benzene rings is 4. The molecule has 4 aromatic rings. The van der Waals surface area contributed by atoms with E-state index in [9.17, 15) is 14.4 Å². The first-order valence-electron chi connectivity index (χ1n) is 10.6. The fourth-order valence-corrected chi connectivity index (χ4v) is 3.35. The molecule has 0 fully saturated rings. The number of ketones is 2. The standard InChI is InChI=1S/C29H22O4/c1-19-3-7-21(8-4-19)22-15-17-26(18-16-22)33-29(32)25-13-11-24(12-14-25)28(31)27(30)23-9-5-20(2)6-10-23/h3-18H,1-2H3. The van der Waals surface area contributed by atoms with Crippen LogP contribution in [0.25, 0.3) is 11.1 Å². The second-order valence-electron chi connectivity index (χ2n) is 7.88. The van der Waals surface area contributed by atoms with Gasteiger partial charge in [-0.2, -0.15) is 0 Å². The van der Waals surface area contributed by atoms with Crippen molar-refractivity contribution in [1.29, 1.82) is 0 Å². The van der Waals surface area contributed by atoms with E-state index >= 15 is 0 Å². The van der Waals surface area contributed by atoms with Crippen LogP contribution < -0.4 is 4.74 Å². The van der Waals surface area contributed by atoms with Gasteiger partial charge in [0.15, 0.2) is 0 Å². The zero-order chi connectivity index (χ0) is 23.4. The van der Waals surface area contributed by atoms with Crippen molar-refractivity contribution < 1.29 is 19.1 Å². The smallest absolute Gasteiger partial charge is 0.343 e. The summed E-state index contributed by atoms with van der Waals surface area (Å²) >= 11 is 0. The quantitative estimate of drug-likeness (QED) is 0.156. The van der Waals surface area contributed by atoms with Crippen LogP contribution in [-0.4, -0.2) is 17.5 Å². The molecule has 0 heterocycles. The predicted octanol–water partition coefficient (Wildman–Crippen LogP) is 6.26. The van der Waals surface area contributed by atoms with Crippen LogP contribution in [0.5, 0.6) is 5.75 Å². The average Bonchev–Trinajstić information content (AvgIpc) is 2.85. The van der Waals surface area contributed by atoms with Crippen LogP contribution >= 0.6 is 0 Å². The summed E-state index contributed by atoms with van der Waals surface area (Å²) in [4.78, 5) is 37.4. The molecule has 4 heteroatoms. The number of hydrogen-bond donors (Lipinski definition) is 0. The molecule has 0 saturated heterocycles. The van der Waals surface area contributed by atoms with E-state index < -0.39 is 17.5 Å². The van der Waals surface area contributed by atoms with Crippen molar-refractivity contribution >= 4 is 17.5 Å². The van der Waals surface area contributed by atoms with Crippen molar-refractivity contribution in [2.75, 3.05) is 0 Å². The summed E-state index contributed by atoms with van der Waals surface area (Å²) in [7, 11) is 0. The largest absolute Gasteiger partial charge is 0.423 e. The first-order valence-corrected chi connectivity index (χ1v) is 10.6. The summed E-state index contributed by atoms with van der Waals surface area (Å²) in [6.45, 7) is 3.95. The van der Waals surface area contributed by atoms with Gasteiger partial charge in [0, 0.05) is 11.1 Å². The Hall–Kier alpha value is -4.31. The fourth-order valence-electron chi connectivity index (χ4n) is 3.35. The van der Waals surface area contributed by atoms with Crippen molar-refractivity contribution in [1.82, 2.24) is 0 Å². The van der Waals surface area contributed by atoms with Gasteiger partial charge in [-0.3, -0.25) is 9.59 Å². The van der Waals surface area contributed by atoms with Gasteiger partial charge < -0.3 is 4.74 Å². The van der Waals surface area contributed by atoms with Crippen molar-refractivity contribution in [3.63, 3.8) is 0 Å². The zero-order valence-electron chi connectivity index (χ0n) is 18.4. The summed E-state index contributed by atoms with van der Waals surface area (Å²) in [6.07, 6.45) is 0. The summed E-state index contributed by atoms with van der Waals surface area (Å²) < 4.78 is 5.45. The number of hydrogen-bond acceptors (Lipinski definition) is 4. The Morgan fingerprint density at radius 3 is 1.33 bits per heavy atom. The van der Waals surface area contributed by atoms with Gasteiger partial charge in [-0.1, -0.05) is 83.9 Å². The molecule has 0 aliphatic rings. The zero-order valence-corrected chi connectivity index (χ0v) is 18.4. The Morgan fingerprint density at radius 1 is 0.485 bits per heavy atom. The van der Waals surface area contributed by atoms with Gasteiger partial charge in [-0.05, 0) is 49.2 Å². The number of carbonyl (C=O) groups excluding carboxylic acids is 3. The minimum Gasteiger partial charge on any atom is -0.423 e. The summed E-state index contributed by atoms with van der Waals surface area (Å²) in [6, 6.07) is 28.2. The molecular weight excluding hydrogens is 412 g/mol. The molecule has 0 atom stereocenters. The number of rotatable bonds is 6. The van der Waals surface area contributed by atoms with Gasteiger partial charge in [0.2, 0.25) is 11.6 Å². The molecule has 0 aromatic heterocycles. The van der Waals surface area contributed by atoms with Gasteiger partial charge >= 0.3 is 5.97 Å². The molecule has 4 aromatic carbocycles. The SMILES string of the molecule is Cc1ccc(C(=O)C(=O)c2ccc(C(=O)Oc3ccc(-c4ccc(C)cc4)cc3)cc2)cc1. The van der Waals surface area contributed by atoms with E-state index in [1.807, 2.05) is 50.2 Å². The predicted molar refractivity (Wildman–Crippen MR) is 128 cm³/mol. The van der Waals surface area contributed by atoms with Crippen LogP contribution in [0.2, 0.25) is 0 Å². The third-order valence-electron chi connectivity index (χ3n) is 5.35. The first-order chi connectivity index (χ1) is 15.9. The van der Waals surface area contributed by atoms with Crippen LogP contribution in [0.4, 0.5) is 0 Å². The lowest BCUT2D eigenvalue weighted by Crippen LogP contribution is -2.15. The highest BCUT2D eigenvalue weighted by Crippen LogP contribution is 2.23. The summed E-state index contributed by atoms with van der Waals surface area (Å²) in [5.74, 6) is -1.32. The minimum atomic E-state index is -0.620. The minimum absolute atomic E-state index is 0.222. The van der Waals surface area contributed by atoms with Crippen LogP contribution in [0.3, 0.4) is 0 Å². The molecular formula is C29H22O4. The number of ether oxygens (including phenoxy) is 1. The van der Waals surface area contributed by atoms with E-state index in [1.165, 1.54) is 29.8 Å². The molecule has 0 aliphatic heterocycles. The Morgan fingerprint density at radius 2 is 0.848 bits per heavy atom. The maximum absolute atomic E-state index is 12.5. The number of Topliss-reactive ketones (excluding diaryl/α,β-unsaturated/α-hetero) is 2. The lowest BCUT2D eigenvalue weighted by Gasteiger charge is -2.07. The van der Waals surface area contributed by atoms with Crippen molar-refractivity contribution in [2.24, 2.45) is 0 Å². The summed E-state index contributed by atoms with van der Waals surface area (Å²) in [5.41, 5.74) is 5.15. The average molecular weight is 434 g/mol. The molecule has 4 rings (SSSR count). The van der Waals surface area contributed by atoms with E-state index in [2.05, 4.69) is 0 Å². The van der Waals surface area contributed by atoms with E-state index in [0.29, 0.717) is 11.3 Å². The molecule has 0 N–H and O–H groups in total. The highest BCUT2D eigenvalue weighted by Gasteiger charge is 2.19. The Kier molecular flexibility index (Phi) is 6.27. The topological polar surface area (TPSA) is 60.4 Å². The highest BCUT2D eigenvalue weighted by molar-refractivity contribution is 6.49. The Balaban J connectivity index is 1.42. The van der Waals surface area contributed by atoms with Gasteiger partial charge in [-0.15, -0.1) is 0 Å². The first kappa shape index (κ1) is 21.9. The van der Waals surface area contributed by atoms with E-state index in [-0.39, 0.29) is 11.1 Å². The lowest BCUT2D eigenvalue weighted by molar-refractivity contribution is 0.0734. The van der Waals surface area contributed by atoms with Crippen molar-refractivity contribution in [3.05, 3.63) is 125 Å². The maximum Gasteiger partial charge on any atom is 0.343 e. The van der Waals surface area contributed by atoms with Gasteiger partial charge in [0.05, 0.1) is 5.56 Å².